The minimum absolute atomic E-state index is 0.0927. The number of halogens is 1. The monoisotopic (exact) mass is 275 g/mol. The number of hydrogen-bond donors (Lipinski definition) is 3. The van der Waals surface area contributed by atoms with Crippen molar-refractivity contribution in [3.8, 4) is 0 Å². The number of aliphatic hydroxyl groups excluding tert-OH is 1. The van der Waals surface area contributed by atoms with Gasteiger partial charge in [0.15, 0.2) is 0 Å². The summed E-state index contributed by atoms with van der Waals surface area (Å²) in [5.74, 6) is -1.05. The number of benzene rings is 1. The average Bonchev–Trinajstić information content (AvgIpc) is 2.46. The van der Waals surface area contributed by atoms with Crippen LogP contribution in [-0.2, 0) is 4.79 Å². The third-order valence-electron chi connectivity index (χ3n) is 2.64. The Balaban J connectivity index is 1.84. The van der Waals surface area contributed by atoms with E-state index in [4.69, 9.17) is 0 Å². The number of anilines is 1. The van der Waals surface area contributed by atoms with Crippen molar-refractivity contribution >= 4 is 11.6 Å². The molecule has 2 aromatic rings. The van der Waals surface area contributed by atoms with Crippen molar-refractivity contribution in [2.45, 2.75) is 12.5 Å². The van der Waals surface area contributed by atoms with E-state index in [1.165, 1.54) is 12.3 Å². The van der Waals surface area contributed by atoms with Crippen molar-refractivity contribution in [3.05, 3.63) is 60.2 Å². The molecular weight excluding hydrogens is 261 g/mol. The molecule has 1 amide bonds. The van der Waals surface area contributed by atoms with Crippen molar-refractivity contribution in [3.63, 3.8) is 0 Å². The van der Waals surface area contributed by atoms with Crippen LogP contribution in [0.4, 0.5) is 10.1 Å². The number of hydrogen-bond acceptors (Lipinski definition) is 4. The SMILES string of the molecule is O=C(CC(O)c1ccccc1)NNc1ccnc(F)c1. The number of pyridine rings is 1. The van der Waals surface area contributed by atoms with Gasteiger partial charge in [-0.3, -0.25) is 15.6 Å². The highest BCUT2D eigenvalue weighted by Crippen LogP contribution is 2.15. The minimum atomic E-state index is -0.882. The number of carbonyl (C=O) groups is 1. The van der Waals surface area contributed by atoms with Crippen LogP contribution in [0.1, 0.15) is 18.1 Å². The van der Waals surface area contributed by atoms with E-state index >= 15 is 0 Å². The fourth-order valence-electron chi connectivity index (χ4n) is 1.64. The molecule has 1 heterocycles. The van der Waals surface area contributed by atoms with Gasteiger partial charge in [0.1, 0.15) is 0 Å². The summed E-state index contributed by atoms with van der Waals surface area (Å²) in [5, 5.41) is 9.87. The Hall–Kier alpha value is -2.47. The topological polar surface area (TPSA) is 74.2 Å². The molecule has 5 nitrogen and oxygen atoms in total. The number of aliphatic hydroxyl groups is 1. The molecule has 0 spiro atoms. The molecule has 1 aromatic heterocycles. The molecule has 6 heteroatoms. The Kier molecular flexibility index (Phi) is 4.62. The van der Waals surface area contributed by atoms with Crippen molar-refractivity contribution in [1.29, 1.82) is 0 Å². The van der Waals surface area contributed by atoms with Crippen LogP contribution in [0.25, 0.3) is 0 Å². The Morgan fingerprint density at radius 2 is 2.05 bits per heavy atom. The van der Waals surface area contributed by atoms with Gasteiger partial charge in [-0.15, -0.1) is 0 Å². The maximum Gasteiger partial charge on any atom is 0.241 e. The number of aromatic nitrogens is 1. The van der Waals surface area contributed by atoms with Crippen molar-refractivity contribution < 1.29 is 14.3 Å². The molecular formula is C14H14FN3O2. The highest BCUT2D eigenvalue weighted by molar-refractivity contribution is 5.78. The molecule has 0 fully saturated rings. The van der Waals surface area contributed by atoms with E-state index in [0.29, 0.717) is 11.3 Å². The number of carbonyl (C=O) groups excluding carboxylic acids is 1. The number of nitrogens with zero attached hydrogens (tertiary/aromatic N) is 1. The van der Waals surface area contributed by atoms with Gasteiger partial charge in [-0.2, -0.15) is 4.39 Å². The molecule has 0 radical (unpaired) electrons. The van der Waals surface area contributed by atoms with Gasteiger partial charge in [0, 0.05) is 12.3 Å². The van der Waals surface area contributed by atoms with Crippen molar-refractivity contribution in [1.82, 2.24) is 10.4 Å². The molecule has 0 saturated carbocycles. The fourth-order valence-corrected chi connectivity index (χ4v) is 1.64. The van der Waals surface area contributed by atoms with Gasteiger partial charge in [-0.25, -0.2) is 4.98 Å². The van der Waals surface area contributed by atoms with E-state index in [9.17, 15) is 14.3 Å². The smallest absolute Gasteiger partial charge is 0.241 e. The molecule has 0 saturated heterocycles. The normalized spacial score (nSPS) is 11.7. The molecule has 1 aromatic carbocycles. The lowest BCUT2D eigenvalue weighted by molar-refractivity contribution is -0.122. The summed E-state index contributed by atoms with van der Waals surface area (Å²) in [6, 6.07) is 11.5. The standard InChI is InChI=1S/C14H14FN3O2/c15-13-8-11(6-7-16-13)17-18-14(20)9-12(19)10-4-2-1-3-5-10/h1-8,12,19H,9H2,(H,16,17)(H,18,20). The third kappa shape index (κ3) is 4.03. The Morgan fingerprint density at radius 1 is 1.30 bits per heavy atom. The average molecular weight is 275 g/mol. The van der Waals surface area contributed by atoms with Crippen LogP contribution in [-0.4, -0.2) is 16.0 Å². The van der Waals surface area contributed by atoms with Crippen LogP contribution in [0.15, 0.2) is 48.7 Å². The van der Waals surface area contributed by atoms with Gasteiger partial charge in [0.05, 0.1) is 18.2 Å². The highest BCUT2D eigenvalue weighted by Gasteiger charge is 2.12. The van der Waals surface area contributed by atoms with E-state index in [2.05, 4.69) is 15.8 Å². The molecule has 1 atom stereocenters. The van der Waals surface area contributed by atoms with Gasteiger partial charge >= 0.3 is 0 Å². The molecule has 2 rings (SSSR count). The largest absolute Gasteiger partial charge is 0.388 e. The maximum absolute atomic E-state index is 12.8. The van der Waals surface area contributed by atoms with Gasteiger partial charge in [-0.1, -0.05) is 30.3 Å². The second-order valence-corrected chi connectivity index (χ2v) is 4.17. The van der Waals surface area contributed by atoms with E-state index in [-0.39, 0.29) is 6.42 Å². The first kappa shape index (κ1) is 14.0. The number of nitrogens with one attached hydrogen (secondary N) is 2. The first-order valence-corrected chi connectivity index (χ1v) is 6.04. The van der Waals surface area contributed by atoms with E-state index < -0.39 is 18.0 Å². The zero-order chi connectivity index (χ0) is 14.4. The lowest BCUT2D eigenvalue weighted by Crippen LogP contribution is -2.30. The Morgan fingerprint density at radius 3 is 2.75 bits per heavy atom. The minimum Gasteiger partial charge on any atom is -0.388 e. The Bertz CT molecular complexity index is 578. The third-order valence-corrected chi connectivity index (χ3v) is 2.64. The van der Waals surface area contributed by atoms with Crippen LogP contribution in [0, 0.1) is 5.95 Å². The van der Waals surface area contributed by atoms with E-state index in [1.807, 2.05) is 6.07 Å². The van der Waals surface area contributed by atoms with Crippen LogP contribution >= 0.6 is 0 Å². The molecule has 3 N–H and O–H groups in total. The van der Waals surface area contributed by atoms with Crippen LogP contribution < -0.4 is 10.9 Å². The highest BCUT2D eigenvalue weighted by atomic mass is 19.1. The van der Waals surface area contributed by atoms with E-state index in [1.54, 1.807) is 24.3 Å². The molecule has 20 heavy (non-hydrogen) atoms. The summed E-state index contributed by atoms with van der Waals surface area (Å²) in [7, 11) is 0. The summed E-state index contributed by atoms with van der Waals surface area (Å²) in [5.41, 5.74) is 5.97. The van der Waals surface area contributed by atoms with Gasteiger partial charge in [-0.05, 0) is 11.6 Å². The maximum atomic E-state index is 12.8. The quantitative estimate of drug-likeness (QED) is 0.574. The Labute approximate surface area is 115 Å². The zero-order valence-electron chi connectivity index (χ0n) is 10.6. The number of rotatable bonds is 5. The molecule has 1 unspecified atom stereocenters. The van der Waals surface area contributed by atoms with Crippen molar-refractivity contribution in [2.75, 3.05) is 5.43 Å². The summed E-state index contributed by atoms with van der Waals surface area (Å²) in [6.45, 7) is 0. The molecule has 0 aliphatic heterocycles. The lowest BCUT2D eigenvalue weighted by Gasteiger charge is -2.12. The van der Waals surface area contributed by atoms with Crippen LogP contribution in [0.5, 0.6) is 0 Å². The van der Waals surface area contributed by atoms with Crippen molar-refractivity contribution in [2.24, 2.45) is 0 Å². The molecule has 0 aliphatic carbocycles. The molecule has 104 valence electrons. The second-order valence-electron chi connectivity index (χ2n) is 4.17. The first-order valence-electron chi connectivity index (χ1n) is 6.04. The fraction of sp³-hybridized carbons (Fsp3) is 0.143. The predicted molar refractivity (Wildman–Crippen MR) is 72.0 cm³/mol. The summed E-state index contributed by atoms with van der Waals surface area (Å²) in [6.07, 6.45) is 0.305. The molecule has 0 aliphatic rings. The van der Waals surface area contributed by atoms with E-state index in [0.717, 1.165) is 6.07 Å². The summed E-state index contributed by atoms with van der Waals surface area (Å²) < 4.78 is 12.8. The van der Waals surface area contributed by atoms with Gasteiger partial charge in [0.25, 0.3) is 0 Å². The van der Waals surface area contributed by atoms with Crippen LogP contribution in [0.2, 0.25) is 0 Å². The number of amides is 1. The summed E-state index contributed by atoms with van der Waals surface area (Å²) >= 11 is 0. The predicted octanol–water partition coefficient (Wildman–Crippen LogP) is 1.79. The van der Waals surface area contributed by atoms with Crippen LogP contribution in [0.3, 0.4) is 0 Å². The molecule has 0 bridgehead atoms. The first-order chi connectivity index (χ1) is 9.65. The summed E-state index contributed by atoms with van der Waals surface area (Å²) in [4.78, 5) is 15.0. The number of hydrazine groups is 1. The zero-order valence-corrected chi connectivity index (χ0v) is 10.6. The van der Waals surface area contributed by atoms with Gasteiger partial charge in [0.2, 0.25) is 11.9 Å². The second kappa shape index (κ2) is 6.63. The van der Waals surface area contributed by atoms with Gasteiger partial charge < -0.3 is 5.11 Å². The lowest BCUT2D eigenvalue weighted by atomic mass is 10.1.